The van der Waals surface area contributed by atoms with E-state index in [0.717, 1.165) is 77.9 Å². The maximum atomic E-state index is 6.60. The van der Waals surface area contributed by atoms with Crippen LogP contribution in [-0.2, 0) is 0 Å². The fraction of sp³-hybridized carbons (Fsp3) is 0. The summed E-state index contributed by atoms with van der Waals surface area (Å²) < 4.78 is 6.60. The molecule has 0 aliphatic rings. The van der Waals surface area contributed by atoms with Crippen LogP contribution in [0.25, 0.3) is 89.5 Å². The lowest BCUT2D eigenvalue weighted by atomic mass is 9.96. The van der Waals surface area contributed by atoms with Crippen LogP contribution in [-0.4, -0.2) is 15.0 Å². The van der Waals surface area contributed by atoms with Gasteiger partial charge in [-0.3, -0.25) is 0 Å². The summed E-state index contributed by atoms with van der Waals surface area (Å²) >= 11 is 0. The minimum absolute atomic E-state index is 0.570. The van der Waals surface area contributed by atoms with Crippen molar-refractivity contribution in [2.45, 2.75) is 0 Å². The number of aromatic nitrogens is 3. The first-order chi connectivity index (χ1) is 30.7. The van der Waals surface area contributed by atoms with Crippen molar-refractivity contribution in [3.63, 3.8) is 0 Å². The smallest absolute Gasteiger partial charge is 0.164 e. The van der Waals surface area contributed by atoms with Crippen molar-refractivity contribution < 1.29 is 4.42 Å². The molecular formula is C57H38N4O. The Kier molecular flexibility index (Phi) is 9.45. The first kappa shape index (κ1) is 36.7. The lowest BCUT2D eigenvalue weighted by molar-refractivity contribution is 0.669. The zero-order valence-electron chi connectivity index (χ0n) is 33.6. The number of fused-ring (bicyclic) bond motifs is 3. The molecule has 0 atom stereocenters. The Bertz CT molecular complexity index is 3190. The van der Waals surface area contributed by atoms with Gasteiger partial charge in [0.15, 0.2) is 17.5 Å². The number of anilines is 3. The summed E-state index contributed by atoms with van der Waals surface area (Å²) in [6, 6.07) is 80.1. The lowest BCUT2D eigenvalue weighted by Crippen LogP contribution is -2.10. The Morgan fingerprint density at radius 2 is 0.742 bits per heavy atom. The summed E-state index contributed by atoms with van der Waals surface area (Å²) in [4.78, 5) is 17.5. The second-order valence-corrected chi connectivity index (χ2v) is 15.2. The molecule has 9 aromatic carbocycles. The van der Waals surface area contributed by atoms with Crippen molar-refractivity contribution in [3.8, 4) is 67.5 Å². The SMILES string of the molecule is c1ccc(-c2cccc(N(c3ccc(-c4cc(-c5nc(-c6ccccc6)nc(-c6ccccc6)n5)cc5oc6ccccc6c45)cc3)c3cccc(-c4ccccc4)c3)c2)cc1. The molecule has 0 spiro atoms. The average molecular weight is 795 g/mol. The van der Waals surface area contributed by atoms with Crippen LogP contribution >= 0.6 is 0 Å². The van der Waals surface area contributed by atoms with E-state index in [9.17, 15) is 0 Å². The van der Waals surface area contributed by atoms with E-state index in [1.807, 2.05) is 72.8 Å². The molecular weight excluding hydrogens is 757 g/mol. The third-order valence-corrected chi connectivity index (χ3v) is 11.3. The first-order valence-electron chi connectivity index (χ1n) is 20.8. The Balaban J connectivity index is 1.07. The highest BCUT2D eigenvalue weighted by Crippen LogP contribution is 2.43. The Morgan fingerprint density at radius 1 is 0.290 bits per heavy atom. The van der Waals surface area contributed by atoms with Gasteiger partial charge in [0.2, 0.25) is 0 Å². The van der Waals surface area contributed by atoms with Crippen LogP contribution in [0.15, 0.2) is 235 Å². The van der Waals surface area contributed by atoms with Crippen molar-refractivity contribution >= 4 is 39.0 Å². The van der Waals surface area contributed by atoms with Gasteiger partial charge in [0.25, 0.3) is 0 Å². The second kappa shape index (κ2) is 16.0. The summed E-state index contributed by atoms with van der Waals surface area (Å²) in [6.45, 7) is 0. The number of hydrogen-bond acceptors (Lipinski definition) is 5. The summed E-state index contributed by atoms with van der Waals surface area (Å²) in [7, 11) is 0. The molecule has 0 radical (unpaired) electrons. The van der Waals surface area contributed by atoms with Gasteiger partial charge in [-0.15, -0.1) is 0 Å². The van der Waals surface area contributed by atoms with E-state index in [-0.39, 0.29) is 0 Å². The minimum atomic E-state index is 0.570. The molecule has 0 saturated carbocycles. The van der Waals surface area contributed by atoms with Crippen LogP contribution in [0.3, 0.4) is 0 Å². The molecule has 11 rings (SSSR count). The van der Waals surface area contributed by atoms with E-state index in [1.165, 1.54) is 11.1 Å². The molecule has 11 aromatic rings. The van der Waals surface area contributed by atoms with E-state index in [2.05, 4.69) is 163 Å². The van der Waals surface area contributed by atoms with Crippen LogP contribution < -0.4 is 4.90 Å². The van der Waals surface area contributed by atoms with Crippen molar-refractivity contribution in [2.75, 3.05) is 4.90 Å². The zero-order valence-corrected chi connectivity index (χ0v) is 33.6. The number of furan rings is 1. The molecule has 0 fully saturated rings. The topological polar surface area (TPSA) is 55.1 Å². The minimum Gasteiger partial charge on any atom is -0.456 e. The van der Waals surface area contributed by atoms with Crippen LogP contribution in [0.4, 0.5) is 17.1 Å². The highest BCUT2D eigenvalue weighted by Gasteiger charge is 2.20. The molecule has 5 heteroatoms. The average Bonchev–Trinajstić information content (AvgIpc) is 3.74. The van der Waals surface area contributed by atoms with Crippen molar-refractivity contribution in [2.24, 2.45) is 0 Å². The molecule has 5 nitrogen and oxygen atoms in total. The van der Waals surface area contributed by atoms with Gasteiger partial charge in [-0.05, 0) is 88.0 Å². The molecule has 0 N–H and O–H groups in total. The van der Waals surface area contributed by atoms with Gasteiger partial charge in [-0.1, -0.05) is 176 Å². The van der Waals surface area contributed by atoms with Crippen LogP contribution in [0, 0.1) is 0 Å². The third-order valence-electron chi connectivity index (χ3n) is 11.3. The van der Waals surface area contributed by atoms with E-state index in [0.29, 0.717) is 17.5 Å². The lowest BCUT2D eigenvalue weighted by Gasteiger charge is -2.27. The van der Waals surface area contributed by atoms with Crippen LogP contribution in [0.2, 0.25) is 0 Å². The summed E-state index contributed by atoms with van der Waals surface area (Å²) in [5.74, 6) is 1.79. The second-order valence-electron chi connectivity index (χ2n) is 15.2. The first-order valence-corrected chi connectivity index (χ1v) is 20.8. The Morgan fingerprint density at radius 3 is 1.27 bits per heavy atom. The highest BCUT2D eigenvalue weighted by atomic mass is 16.3. The van der Waals surface area contributed by atoms with Gasteiger partial charge in [0.1, 0.15) is 11.2 Å². The molecule has 0 aliphatic heterocycles. The van der Waals surface area contributed by atoms with Crippen molar-refractivity contribution in [1.82, 2.24) is 15.0 Å². The predicted octanol–water partition coefficient (Wildman–Crippen LogP) is 15.2. The molecule has 0 saturated heterocycles. The zero-order chi connectivity index (χ0) is 41.2. The van der Waals surface area contributed by atoms with Gasteiger partial charge in [-0.25, -0.2) is 15.0 Å². The predicted molar refractivity (Wildman–Crippen MR) is 254 cm³/mol. The summed E-state index contributed by atoms with van der Waals surface area (Å²) in [5, 5.41) is 2.09. The number of hydrogen-bond donors (Lipinski definition) is 0. The quantitative estimate of drug-likeness (QED) is 0.146. The Labute approximate surface area is 359 Å². The fourth-order valence-corrected chi connectivity index (χ4v) is 8.30. The molecule has 62 heavy (non-hydrogen) atoms. The monoisotopic (exact) mass is 794 g/mol. The maximum absolute atomic E-state index is 6.60. The van der Waals surface area contributed by atoms with Gasteiger partial charge < -0.3 is 9.32 Å². The van der Waals surface area contributed by atoms with Gasteiger partial charge >= 0.3 is 0 Å². The van der Waals surface area contributed by atoms with Gasteiger partial charge in [0.05, 0.1) is 0 Å². The normalized spacial score (nSPS) is 11.2. The van der Waals surface area contributed by atoms with E-state index >= 15 is 0 Å². The molecule has 2 aromatic heterocycles. The number of para-hydroxylation sites is 1. The van der Waals surface area contributed by atoms with Crippen LogP contribution in [0.1, 0.15) is 0 Å². The van der Waals surface area contributed by atoms with Gasteiger partial charge in [0, 0.05) is 44.5 Å². The summed E-state index contributed by atoms with van der Waals surface area (Å²) in [5.41, 5.74) is 14.1. The van der Waals surface area contributed by atoms with E-state index in [1.54, 1.807) is 0 Å². The number of nitrogens with zero attached hydrogens (tertiary/aromatic N) is 4. The molecule has 0 unspecified atom stereocenters. The Hall–Kier alpha value is -8.41. The largest absolute Gasteiger partial charge is 0.456 e. The number of rotatable bonds is 9. The van der Waals surface area contributed by atoms with E-state index < -0.39 is 0 Å². The molecule has 0 aliphatic carbocycles. The molecule has 2 heterocycles. The van der Waals surface area contributed by atoms with E-state index in [4.69, 9.17) is 19.4 Å². The fourth-order valence-electron chi connectivity index (χ4n) is 8.30. The van der Waals surface area contributed by atoms with Crippen LogP contribution in [0.5, 0.6) is 0 Å². The molecule has 292 valence electrons. The standard InChI is InChI=1S/C57H38N4O/c1-5-17-39(18-6-1)44-25-15-27-48(35-44)61(49-28-16-26-45(36-49)40-19-7-2-8-20-40)47-33-31-41(32-34-47)51-37-46(38-53-54(51)50-29-13-14-30-52(50)62-53)57-59-55(42-21-9-3-10-22-42)58-56(60-57)43-23-11-4-12-24-43/h1-38H. The highest BCUT2D eigenvalue weighted by molar-refractivity contribution is 6.13. The van der Waals surface area contributed by atoms with Crippen molar-refractivity contribution in [3.05, 3.63) is 231 Å². The molecule has 0 bridgehead atoms. The maximum Gasteiger partial charge on any atom is 0.164 e. The third kappa shape index (κ3) is 7.08. The molecule has 0 amide bonds. The number of benzene rings is 9. The van der Waals surface area contributed by atoms with Gasteiger partial charge in [-0.2, -0.15) is 0 Å². The van der Waals surface area contributed by atoms with Crippen molar-refractivity contribution in [1.29, 1.82) is 0 Å². The summed E-state index contributed by atoms with van der Waals surface area (Å²) in [6.07, 6.45) is 0.